The second-order valence-corrected chi connectivity index (χ2v) is 5.40. The van der Waals surface area contributed by atoms with E-state index >= 15 is 0 Å². The molecule has 0 spiro atoms. The molecule has 2 aromatic rings. The van der Waals surface area contributed by atoms with Crippen LogP contribution in [0.25, 0.3) is 0 Å². The zero-order chi connectivity index (χ0) is 15.4. The summed E-state index contributed by atoms with van der Waals surface area (Å²) >= 11 is 0. The Kier molecular flexibility index (Phi) is 4.39. The minimum Gasteiger partial charge on any atom is -0.381 e. The minimum atomic E-state index is 0.0460. The van der Waals surface area contributed by atoms with Crippen LogP contribution in [0.15, 0.2) is 34.9 Å². The van der Waals surface area contributed by atoms with Crippen molar-refractivity contribution in [3.05, 3.63) is 36.1 Å². The number of carbonyl (C=O) groups excluding carboxylic acids is 1. The van der Waals surface area contributed by atoms with Crippen molar-refractivity contribution in [3.8, 4) is 0 Å². The van der Waals surface area contributed by atoms with Crippen molar-refractivity contribution in [2.45, 2.75) is 19.8 Å². The van der Waals surface area contributed by atoms with Gasteiger partial charge in [0, 0.05) is 36.6 Å². The first-order valence-corrected chi connectivity index (χ1v) is 7.40. The summed E-state index contributed by atoms with van der Waals surface area (Å²) in [5.74, 6) is 1.53. The number of ether oxygens (including phenoxy) is 1. The number of carbonyl (C=O) groups is 1. The van der Waals surface area contributed by atoms with Gasteiger partial charge < -0.3 is 19.9 Å². The lowest BCUT2D eigenvalue weighted by Gasteiger charge is -2.21. The predicted molar refractivity (Wildman–Crippen MR) is 83.1 cm³/mol. The first-order valence-electron chi connectivity index (χ1n) is 7.40. The molecule has 6 nitrogen and oxygen atoms in total. The van der Waals surface area contributed by atoms with Gasteiger partial charge in [0.1, 0.15) is 5.76 Å². The molecule has 0 radical (unpaired) electrons. The Morgan fingerprint density at radius 3 is 2.50 bits per heavy atom. The fourth-order valence-corrected chi connectivity index (χ4v) is 2.41. The Hall–Kier alpha value is -2.34. The average Bonchev–Trinajstić information content (AvgIpc) is 2.95. The number of aromatic nitrogens is 1. The van der Waals surface area contributed by atoms with Crippen LogP contribution in [0.1, 0.15) is 18.6 Å². The van der Waals surface area contributed by atoms with Crippen molar-refractivity contribution in [2.75, 3.05) is 23.8 Å². The summed E-state index contributed by atoms with van der Waals surface area (Å²) in [5.41, 5.74) is 1.68. The molecule has 2 heterocycles. The van der Waals surface area contributed by atoms with Gasteiger partial charge in [-0.2, -0.15) is 0 Å². The number of amides is 1. The summed E-state index contributed by atoms with van der Waals surface area (Å²) in [7, 11) is 0. The fraction of sp³-hybridized carbons (Fsp3) is 0.375. The SMILES string of the molecule is Cc1cc(Nc2ccc(NC(=O)C3CCOCC3)cc2)no1. The number of benzene rings is 1. The van der Waals surface area contributed by atoms with E-state index in [1.807, 2.05) is 37.3 Å². The van der Waals surface area contributed by atoms with E-state index in [1.54, 1.807) is 0 Å². The maximum atomic E-state index is 12.1. The summed E-state index contributed by atoms with van der Waals surface area (Å²) < 4.78 is 10.3. The van der Waals surface area contributed by atoms with Crippen molar-refractivity contribution in [1.82, 2.24) is 5.16 Å². The number of nitrogens with zero attached hydrogens (tertiary/aromatic N) is 1. The highest BCUT2D eigenvalue weighted by Crippen LogP contribution is 2.21. The maximum absolute atomic E-state index is 12.1. The Balaban J connectivity index is 1.57. The van der Waals surface area contributed by atoms with Crippen LogP contribution in [-0.2, 0) is 9.53 Å². The first kappa shape index (κ1) is 14.6. The van der Waals surface area contributed by atoms with Gasteiger partial charge in [-0.05, 0) is 44.0 Å². The average molecular weight is 301 g/mol. The fourth-order valence-electron chi connectivity index (χ4n) is 2.41. The lowest BCUT2D eigenvalue weighted by Crippen LogP contribution is -2.28. The summed E-state index contributed by atoms with van der Waals surface area (Å²) in [6.45, 7) is 3.17. The van der Waals surface area contributed by atoms with Gasteiger partial charge in [-0.3, -0.25) is 4.79 Å². The lowest BCUT2D eigenvalue weighted by molar-refractivity contribution is -0.122. The van der Waals surface area contributed by atoms with Gasteiger partial charge in [-0.15, -0.1) is 0 Å². The Labute approximate surface area is 128 Å². The molecule has 0 atom stereocenters. The van der Waals surface area contributed by atoms with Crippen LogP contribution in [0, 0.1) is 12.8 Å². The van der Waals surface area contributed by atoms with Crippen molar-refractivity contribution < 1.29 is 14.1 Å². The number of nitrogens with one attached hydrogen (secondary N) is 2. The molecule has 2 N–H and O–H groups in total. The Morgan fingerprint density at radius 2 is 1.86 bits per heavy atom. The number of anilines is 3. The van der Waals surface area contributed by atoms with Gasteiger partial charge in [0.05, 0.1) is 0 Å². The van der Waals surface area contributed by atoms with Crippen LogP contribution < -0.4 is 10.6 Å². The highest BCUT2D eigenvalue weighted by atomic mass is 16.5. The highest BCUT2D eigenvalue weighted by Gasteiger charge is 2.21. The molecule has 6 heteroatoms. The van der Waals surface area contributed by atoms with Gasteiger partial charge >= 0.3 is 0 Å². The molecule has 1 aliphatic heterocycles. The summed E-state index contributed by atoms with van der Waals surface area (Å²) in [6.07, 6.45) is 1.58. The number of hydrogen-bond donors (Lipinski definition) is 2. The second kappa shape index (κ2) is 6.62. The smallest absolute Gasteiger partial charge is 0.227 e. The summed E-state index contributed by atoms with van der Waals surface area (Å²) in [6, 6.07) is 9.34. The molecule has 0 saturated carbocycles. The van der Waals surface area contributed by atoms with E-state index in [0.717, 1.165) is 30.0 Å². The monoisotopic (exact) mass is 301 g/mol. The van der Waals surface area contributed by atoms with Gasteiger partial charge in [0.2, 0.25) is 5.91 Å². The Morgan fingerprint density at radius 1 is 1.18 bits per heavy atom. The van der Waals surface area contributed by atoms with E-state index in [2.05, 4.69) is 15.8 Å². The molecular formula is C16H19N3O3. The number of aryl methyl sites for hydroxylation is 1. The van der Waals surface area contributed by atoms with Crippen molar-refractivity contribution >= 4 is 23.1 Å². The molecule has 1 aliphatic rings. The zero-order valence-electron chi connectivity index (χ0n) is 12.5. The molecule has 1 aromatic carbocycles. The minimum absolute atomic E-state index is 0.0460. The highest BCUT2D eigenvalue weighted by molar-refractivity contribution is 5.92. The van der Waals surface area contributed by atoms with Gasteiger partial charge in [-0.1, -0.05) is 5.16 Å². The maximum Gasteiger partial charge on any atom is 0.227 e. The largest absolute Gasteiger partial charge is 0.381 e. The van der Waals surface area contributed by atoms with E-state index in [0.29, 0.717) is 19.0 Å². The van der Waals surface area contributed by atoms with Crippen LogP contribution in [0.2, 0.25) is 0 Å². The van der Waals surface area contributed by atoms with E-state index in [1.165, 1.54) is 0 Å². The number of rotatable bonds is 4. The van der Waals surface area contributed by atoms with Crippen LogP contribution in [0.4, 0.5) is 17.2 Å². The third-order valence-electron chi connectivity index (χ3n) is 3.64. The molecule has 1 fully saturated rings. The van der Waals surface area contributed by atoms with E-state index in [-0.39, 0.29) is 11.8 Å². The van der Waals surface area contributed by atoms with Gasteiger partial charge in [0.15, 0.2) is 5.82 Å². The van der Waals surface area contributed by atoms with Gasteiger partial charge in [-0.25, -0.2) is 0 Å². The summed E-state index contributed by atoms with van der Waals surface area (Å²) in [5, 5.41) is 9.96. The molecule has 116 valence electrons. The van der Waals surface area contributed by atoms with E-state index < -0.39 is 0 Å². The second-order valence-electron chi connectivity index (χ2n) is 5.40. The Bertz CT molecular complexity index is 630. The van der Waals surface area contributed by atoms with Gasteiger partial charge in [0.25, 0.3) is 0 Å². The first-order chi connectivity index (χ1) is 10.7. The third-order valence-corrected chi connectivity index (χ3v) is 3.64. The molecule has 0 unspecified atom stereocenters. The molecule has 0 aliphatic carbocycles. The van der Waals surface area contributed by atoms with Crippen LogP contribution >= 0.6 is 0 Å². The van der Waals surface area contributed by atoms with Crippen molar-refractivity contribution in [2.24, 2.45) is 5.92 Å². The molecule has 1 aromatic heterocycles. The molecule has 3 rings (SSSR count). The zero-order valence-corrected chi connectivity index (χ0v) is 12.5. The van der Waals surface area contributed by atoms with E-state index in [9.17, 15) is 4.79 Å². The van der Waals surface area contributed by atoms with Crippen molar-refractivity contribution in [1.29, 1.82) is 0 Å². The topological polar surface area (TPSA) is 76.4 Å². The third kappa shape index (κ3) is 3.65. The molecule has 1 saturated heterocycles. The standard InChI is InChI=1S/C16H19N3O3/c1-11-10-15(19-22-11)17-13-2-4-14(5-3-13)18-16(20)12-6-8-21-9-7-12/h2-5,10,12H,6-9H2,1H3,(H,17,19)(H,18,20). The van der Waals surface area contributed by atoms with E-state index in [4.69, 9.17) is 9.26 Å². The summed E-state index contributed by atoms with van der Waals surface area (Å²) in [4.78, 5) is 12.1. The lowest BCUT2D eigenvalue weighted by atomic mass is 9.99. The quantitative estimate of drug-likeness (QED) is 0.907. The molecule has 1 amide bonds. The van der Waals surface area contributed by atoms with Crippen molar-refractivity contribution in [3.63, 3.8) is 0 Å². The van der Waals surface area contributed by atoms with Crippen LogP contribution in [-0.4, -0.2) is 24.3 Å². The number of hydrogen-bond acceptors (Lipinski definition) is 5. The normalized spacial score (nSPS) is 15.5. The predicted octanol–water partition coefficient (Wildman–Crippen LogP) is 3.09. The molecule has 22 heavy (non-hydrogen) atoms. The molecular weight excluding hydrogens is 282 g/mol. The van der Waals surface area contributed by atoms with Crippen LogP contribution in [0.5, 0.6) is 0 Å². The molecule has 0 bridgehead atoms. The van der Waals surface area contributed by atoms with Crippen LogP contribution in [0.3, 0.4) is 0 Å².